The third-order valence-electron chi connectivity index (χ3n) is 11.0. The quantitative estimate of drug-likeness (QED) is 0.113. The number of fused-ring (bicyclic) bond motifs is 1. The van der Waals surface area contributed by atoms with Crippen molar-refractivity contribution in [1.29, 1.82) is 0 Å². The van der Waals surface area contributed by atoms with Crippen LogP contribution in [0, 0.1) is 25.7 Å². The number of phenolic OH excluding ortho intramolecular Hbond substituents is 1. The molecule has 0 saturated carbocycles. The Bertz CT molecular complexity index is 2580. The monoisotopic (exact) mass is 800 g/mol. The van der Waals surface area contributed by atoms with Crippen LogP contribution in [0.5, 0.6) is 34.5 Å². The summed E-state index contributed by atoms with van der Waals surface area (Å²) in [6.45, 7) is 11.2. The zero-order valence-electron chi connectivity index (χ0n) is 34.8. The molecule has 306 valence electrons. The Morgan fingerprint density at radius 1 is 0.695 bits per heavy atom. The summed E-state index contributed by atoms with van der Waals surface area (Å²) in [4.78, 5) is 30.2. The van der Waals surface area contributed by atoms with Crippen LogP contribution in [0.25, 0.3) is 33.4 Å². The molecule has 1 heterocycles. The molecule has 0 bridgehead atoms. The van der Waals surface area contributed by atoms with Crippen molar-refractivity contribution in [3.05, 3.63) is 106 Å². The Hall–Kier alpha value is -6.82. The fraction of sp³-hybridized carbons (Fsp3) is 0.277. The van der Waals surface area contributed by atoms with Crippen molar-refractivity contribution in [2.75, 3.05) is 45.4 Å². The number of carbonyl (C=O) groups is 2. The average molecular weight is 801 g/mol. The van der Waals surface area contributed by atoms with Gasteiger partial charge in [0.2, 0.25) is 11.6 Å². The first-order valence-electron chi connectivity index (χ1n) is 19.2. The minimum Gasteiger partial charge on any atom is -0.507 e. The van der Waals surface area contributed by atoms with Crippen LogP contribution in [0.4, 0.5) is 11.4 Å². The molecule has 4 N–H and O–H groups in total. The van der Waals surface area contributed by atoms with E-state index in [0.29, 0.717) is 90.2 Å². The SMILES string of the molecule is COc1ccc(N/C=C2\C(=O)C(O)=C(C(C)C)c3cc(C)c(-c4c(C)cc5c6c4OCN(c4ccc(OC)cc4OC)C=C6C(=O)C(O)=C5C(C)C)c(O)c32)c(OC)c1. The average Bonchev–Trinajstić information content (AvgIpc) is 3.41. The number of hydrogen-bond donors (Lipinski definition) is 4. The lowest BCUT2D eigenvalue weighted by Gasteiger charge is -2.30. The molecular formula is C47H48N2O10. The molecule has 4 aromatic carbocycles. The summed E-state index contributed by atoms with van der Waals surface area (Å²) in [6.07, 6.45) is 3.10. The predicted octanol–water partition coefficient (Wildman–Crippen LogP) is 9.38. The van der Waals surface area contributed by atoms with Crippen LogP contribution < -0.4 is 33.9 Å². The van der Waals surface area contributed by atoms with E-state index in [4.69, 9.17) is 23.7 Å². The number of anilines is 2. The van der Waals surface area contributed by atoms with E-state index in [2.05, 4.69) is 5.32 Å². The molecule has 0 saturated heterocycles. The van der Waals surface area contributed by atoms with E-state index in [-0.39, 0.29) is 46.8 Å². The van der Waals surface area contributed by atoms with Crippen LogP contribution in [0.1, 0.15) is 61.1 Å². The number of phenols is 1. The lowest BCUT2D eigenvalue weighted by molar-refractivity contribution is -0.113. The molecule has 12 nitrogen and oxygen atoms in total. The van der Waals surface area contributed by atoms with E-state index in [9.17, 15) is 24.9 Å². The number of nitrogens with one attached hydrogen (secondary N) is 1. The number of benzene rings is 4. The van der Waals surface area contributed by atoms with Crippen LogP contribution in [0.15, 0.2) is 72.4 Å². The minimum atomic E-state index is -0.676. The molecule has 0 aromatic heterocycles. The van der Waals surface area contributed by atoms with Gasteiger partial charge in [0.05, 0.1) is 51.0 Å². The second-order valence-electron chi connectivity index (χ2n) is 15.2. The maximum absolute atomic E-state index is 14.3. The van der Waals surface area contributed by atoms with Gasteiger partial charge in [-0.3, -0.25) is 9.59 Å². The van der Waals surface area contributed by atoms with Crippen LogP contribution in [0.3, 0.4) is 0 Å². The number of nitrogens with zero attached hydrogens (tertiary/aromatic N) is 1. The molecule has 7 rings (SSSR count). The Morgan fingerprint density at radius 2 is 1.25 bits per heavy atom. The highest BCUT2D eigenvalue weighted by Gasteiger charge is 2.40. The number of aryl methyl sites for hydroxylation is 2. The smallest absolute Gasteiger partial charge is 0.229 e. The van der Waals surface area contributed by atoms with Gasteiger partial charge >= 0.3 is 0 Å². The molecule has 12 heteroatoms. The summed E-state index contributed by atoms with van der Waals surface area (Å²) >= 11 is 0. The summed E-state index contributed by atoms with van der Waals surface area (Å²) in [5, 5.41) is 38.8. The molecule has 0 radical (unpaired) electrons. The molecular weight excluding hydrogens is 753 g/mol. The van der Waals surface area contributed by atoms with Crippen molar-refractivity contribution < 1.29 is 48.6 Å². The second-order valence-corrected chi connectivity index (χ2v) is 15.2. The van der Waals surface area contributed by atoms with Crippen molar-refractivity contribution in [1.82, 2.24) is 0 Å². The fourth-order valence-electron chi connectivity index (χ4n) is 8.29. The number of hydrogen-bond acceptors (Lipinski definition) is 12. The normalized spacial score (nSPS) is 15.6. The highest BCUT2D eigenvalue weighted by Crippen LogP contribution is 2.55. The van der Waals surface area contributed by atoms with Gasteiger partial charge in [-0.2, -0.15) is 0 Å². The first-order valence-corrected chi connectivity index (χ1v) is 19.2. The number of ketones is 2. The first kappa shape index (κ1) is 40.4. The Labute approximate surface area is 343 Å². The second kappa shape index (κ2) is 15.5. The van der Waals surface area contributed by atoms with Crippen molar-refractivity contribution >= 4 is 45.2 Å². The van der Waals surface area contributed by atoms with E-state index in [1.807, 2.05) is 53.7 Å². The maximum atomic E-state index is 14.3. The third kappa shape index (κ3) is 6.58. The van der Waals surface area contributed by atoms with E-state index in [1.165, 1.54) is 20.4 Å². The van der Waals surface area contributed by atoms with Crippen molar-refractivity contribution in [3.63, 3.8) is 0 Å². The molecule has 59 heavy (non-hydrogen) atoms. The third-order valence-corrected chi connectivity index (χ3v) is 11.0. The first-order chi connectivity index (χ1) is 28.2. The van der Waals surface area contributed by atoms with Gasteiger partial charge in [-0.15, -0.1) is 0 Å². The number of aromatic hydroxyl groups is 1. The zero-order chi connectivity index (χ0) is 42.6. The molecule has 0 amide bonds. The number of aliphatic hydroxyl groups is 2. The van der Waals surface area contributed by atoms with E-state index < -0.39 is 17.3 Å². The summed E-state index contributed by atoms with van der Waals surface area (Å²) < 4.78 is 28.8. The highest BCUT2D eigenvalue weighted by atomic mass is 16.5. The summed E-state index contributed by atoms with van der Waals surface area (Å²) in [7, 11) is 6.15. The lowest BCUT2D eigenvalue weighted by atomic mass is 9.75. The van der Waals surface area contributed by atoms with E-state index in [0.717, 1.165) is 0 Å². The number of carbonyl (C=O) groups excluding carboxylic acids is 2. The van der Waals surface area contributed by atoms with Gasteiger partial charge in [0, 0.05) is 57.9 Å². The van der Waals surface area contributed by atoms with Gasteiger partial charge < -0.3 is 49.2 Å². The fourth-order valence-corrected chi connectivity index (χ4v) is 8.29. The molecule has 1 aliphatic heterocycles. The zero-order valence-corrected chi connectivity index (χ0v) is 34.8. The number of rotatable bonds is 10. The highest BCUT2D eigenvalue weighted by molar-refractivity contribution is 6.35. The number of ether oxygens (including phenoxy) is 5. The van der Waals surface area contributed by atoms with Gasteiger partial charge in [0.25, 0.3) is 0 Å². The van der Waals surface area contributed by atoms with Crippen LogP contribution in [-0.4, -0.2) is 62.1 Å². The van der Waals surface area contributed by atoms with Gasteiger partial charge in [-0.05, 0) is 72.2 Å². The van der Waals surface area contributed by atoms with Gasteiger partial charge in [0.15, 0.2) is 18.2 Å². The van der Waals surface area contributed by atoms with Crippen molar-refractivity contribution in [2.24, 2.45) is 11.8 Å². The van der Waals surface area contributed by atoms with Crippen LogP contribution >= 0.6 is 0 Å². The molecule has 0 unspecified atom stereocenters. The van der Waals surface area contributed by atoms with Crippen LogP contribution in [0.2, 0.25) is 0 Å². The standard InChI is InChI=1S/C47H48N2O10/c1-22(2)36-28-15-24(5)38(44(52)40(28)30(42(50)45(36)53)19-48-32-13-11-26(55-7)17-34(32)57-9)39-25(6)16-29-37(23(3)4)46(54)43(51)31-20-49(21-59-47(39)41(29)31)33-14-12-27(56-8)18-35(33)58-10/h11-20,22-23,48,52-54H,21H2,1-10H3/b30-19-. The molecule has 4 aromatic rings. The van der Waals surface area contributed by atoms with E-state index in [1.54, 1.807) is 61.7 Å². The molecule has 3 aliphatic rings. The largest absolute Gasteiger partial charge is 0.507 e. The number of aliphatic hydroxyl groups excluding tert-OH is 2. The topological polar surface area (TPSA) is 156 Å². The summed E-state index contributed by atoms with van der Waals surface area (Å²) in [6, 6.07) is 14.2. The van der Waals surface area contributed by atoms with Gasteiger partial charge in [-0.25, -0.2) is 0 Å². The Morgan fingerprint density at radius 3 is 1.85 bits per heavy atom. The number of allylic oxidation sites excluding steroid dienone is 4. The van der Waals surface area contributed by atoms with Crippen molar-refractivity contribution in [2.45, 2.75) is 41.5 Å². The molecule has 2 aliphatic carbocycles. The molecule has 0 atom stereocenters. The van der Waals surface area contributed by atoms with E-state index >= 15 is 0 Å². The van der Waals surface area contributed by atoms with Gasteiger partial charge in [-0.1, -0.05) is 39.8 Å². The minimum absolute atomic E-state index is 0.0180. The Balaban J connectivity index is 1.49. The maximum Gasteiger partial charge on any atom is 0.229 e. The Kier molecular flexibility index (Phi) is 10.6. The summed E-state index contributed by atoms with van der Waals surface area (Å²) in [5.41, 5.74) is 6.14. The lowest BCUT2D eigenvalue weighted by Crippen LogP contribution is -2.22. The van der Waals surface area contributed by atoms with Crippen molar-refractivity contribution in [3.8, 4) is 45.6 Å². The summed E-state index contributed by atoms with van der Waals surface area (Å²) in [5.74, 6) is -0.403. The number of Topliss-reactive ketones (excluding diaryl/α,β-unsaturated/α-hetero) is 2. The number of methoxy groups -OCH3 is 4. The molecule has 0 fully saturated rings. The van der Waals surface area contributed by atoms with Gasteiger partial charge in [0.1, 0.15) is 34.5 Å². The predicted molar refractivity (Wildman–Crippen MR) is 228 cm³/mol. The van der Waals surface area contributed by atoms with Crippen LogP contribution in [-0.2, 0) is 9.59 Å². The molecule has 0 spiro atoms.